The molecule has 0 saturated heterocycles. The highest BCUT2D eigenvalue weighted by Crippen LogP contribution is 2.11. The number of sulfonamides is 1. The fourth-order valence-electron chi connectivity index (χ4n) is 2.81. The number of rotatable bonds is 11. The molecule has 0 fully saturated rings. The lowest BCUT2D eigenvalue weighted by Crippen LogP contribution is -2.39. The Bertz CT molecular complexity index is 871. The minimum atomic E-state index is -3.13. The molecule has 0 aliphatic heterocycles. The topological polar surface area (TPSA) is 91.6 Å². The van der Waals surface area contributed by atoms with Crippen LogP contribution in [0.2, 0.25) is 0 Å². The SMILES string of the molecule is CCNC(=NCc1ccccc1Cn1cccn1)NCCCN(C)S(=O)(=O)CC.I. The van der Waals surface area contributed by atoms with Crippen LogP contribution in [0, 0.1) is 0 Å². The predicted molar refractivity (Wildman–Crippen MR) is 133 cm³/mol. The van der Waals surface area contributed by atoms with Gasteiger partial charge in [0, 0.05) is 39.1 Å². The summed E-state index contributed by atoms with van der Waals surface area (Å²) in [7, 11) is -1.51. The lowest BCUT2D eigenvalue weighted by atomic mass is 10.1. The van der Waals surface area contributed by atoms with E-state index in [9.17, 15) is 8.42 Å². The third-order valence-electron chi connectivity index (χ3n) is 4.54. The van der Waals surface area contributed by atoms with Gasteiger partial charge in [0.2, 0.25) is 10.0 Å². The number of hydrogen-bond donors (Lipinski definition) is 2. The Balaban J connectivity index is 0.00000450. The van der Waals surface area contributed by atoms with Crippen molar-refractivity contribution in [2.75, 3.05) is 32.4 Å². The van der Waals surface area contributed by atoms with Crippen molar-refractivity contribution in [2.24, 2.45) is 4.99 Å². The second-order valence-electron chi connectivity index (χ2n) is 6.67. The standard InChI is InChI=1S/C20H32N6O2S.HI/c1-4-21-20(22-12-8-14-25(3)29(27,28)5-2)23-16-18-10-6-7-11-19(18)17-26-15-9-13-24-26;/h6-7,9-11,13,15H,4-5,8,12,14,16-17H2,1-3H3,(H2,21,22,23);1H. The highest BCUT2D eigenvalue weighted by molar-refractivity contribution is 14.0. The Morgan fingerprint density at radius 3 is 2.53 bits per heavy atom. The summed E-state index contributed by atoms with van der Waals surface area (Å²) in [5.74, 6) is 0.848. The summed E-state index contributed by atoms with van der Waals surface area (Å²) < 4.78 is 26.9. The molecule has 8 nitrogen and oxygen atoms in total. The largest absolute Gasteiger partial charge is 0.357 e. The van der Waals surface area contributed by atoms with Crippen LogP contribution in [0.1, 0.15) is 31.4 Å². The van der Waals surface area contributed by atoms with Gasteiger partial charge in [-0.15, -0.1) is 24.0 Å². The van der Waals surface area contributed by atoms with Gasteiger partial charge in [-0.2, -0.15) is 5.10 Å². The average Bonchev–Trinajstić information content (AvgIpc) is 3.23. The molecule has 0 aliphatic carbocycles. The zero-order valence-corrected chi connectivity index (χ0v) is 21.1. The van der Waals surface area contributed by atoms with E-state index in [1.54, 1.807) is 20.2 Å². The molecule has 168 valence electrons. The fourth-order valence-corrected chi connectivity index (χ4v) is 3.66. The molecule has 0 aliphatic rings. The molecule has 1 aromatic carbocycles. The van der Waals surface area contributed by atoms with Gasteiger partial charge in [-0.1, -0.05) is 24.3 Å². The molecular weight excluding hydrogens is 515 g/mol. The van der Waals surface area contributed by atoms with Crippen LogP contribution in [0.5, 0.6) is 0 Å². The summed E-state index contributed by atoms with van der Waals surface area (Å²) in [5, 5.41) is 10.8. The number of hydrogen-bond acceptors (Lipinski definition) is 4. The first kappa shape index (κ1) is 26.4. The van der Waals surface area contributed by atoms with Crippen molar-refractivity contribution in [2.45, 2.75) is 33.4 Å². The molecule has 10 heteroatoms. The third-order valence-corrected chi connectivity index (χ3v) is 6.41. The molecule has 2 aromatic rings. The molecule has 0 atom stereocenters. The summed E-state index contributed by atoms with van der Waals surface area (Å²) >= 11 is 0. The van der Waals surface area contributed by atoms with Crippen molar-refractivity contribution < 1.29 is 8.42 Å². The van der Waals surface area contributed by atoms with Crippen LogP contribution in [0.3, 0.4) is 0 Å². The van der Waals surface area contributed by atoms with Crippen molar-refractivity contribution in [3.8, 4) is 0 Å². The van der Waals surface area contributed by atoms with Crippen LogP contribution in [0.15, 0.2) is 47.7 Å². The predicted octanol–water partition coefficient (Wildman–Crippen LogP) is 2.28. The van der Waals surface area contributed by atoms with E-state index in [2.05, 4.69) is 32.9 Å². The van der Waals surface area contributed by atoms with Gasteiger partial charge in [0.1, 0.15) is 0 Å². The maximum Gasteiger partial charge on any atom is 0.213 e. The minimum absolute atomic E-state index is 0. The first-order chi connectivity index (χ1) is 14.0. The van der Waals surface area contributed by atoms with Gasteiger partial charge in [0.25, 0.3) is 0 Å². The zero-order chi connectivity index (χ0) is 21.1. The molecule has 30 heavy (non-hydrogen) atoms. The van der Waals surface area contributed by atoms with Gasteiger partial charge in [-0.3, -0.25) is 4.68 Å². The number of nitrogens with one attached hydrogen (secondary N) is 2. The first-order valence-electron chi connectivity index (χ1n) is 9.96. The maximum absolute atomic E-state index is 11.8. The minimum Gasteiger partial charge on any atom is -0.357 e. The summed E-state index contributed by atoms with van der Waals surface area (Å²) in [4.78, 5) is 4.69. The Morgan fingerprint density at radius 2 is 1.90 bits per heavy atom. The van der Waals surface area contributed by atoms with E-state index in [0.717, 1.165) is 18.1 Å². The van der Waals surface area contributed by atoms with Crippen molar-refractivity contribution in [3.05, 3.63) is 53.9 Å². The molecule has 1 heterocycles. The molecular formula is C20H33IN6O2S. The Labute approximate surface area is 197 Å². The normalized spacial score (nSPS) is 11.9. The average molecular weight is 548 g/mol. The van der Waals surface area contributed by atoms with Crippen LogP contribution in [-0.2, 0) is 23.1 Å². The highest BCUT2D eigenvalue weighted by Gasteiger charge is 2.14. The molecule has 0 radical (unpaired) electrons. The molecule has 2 rings (SSSR count). The van der Waals surface area contributed by atoms with Gasteiger partial charge in [-0.05, 0) is 37.5 Å². The summed E-state index contributed by atoms with van der Waals surface area (Å²) in [6, 6.07) is 10.1. The number of guanidine groups is 1. The third kappa shape index (κ3) is 8.60. The van der Waals surface area contributed by atoms with Gasteiger partial charge >= 0.3 is 0 Å². The van der Waals surface area contributed by atoms with Crippen LogP contribution >= 0.6 is 24.0 Å². The highest BCUT2D eigenvalue weighted by atomic mass is 127. The second-order valence-corrected chi connectivity index (χ2v) is 9.03. The van der Waals surface area contributed by atoms with E-state index in [4.69, 9.17) is 0 Å². The van der Waals surface area contributed by atoms with E-state index < -0.39 is 10.0 Å². The van der Waals surface area contributed by atoms with Crippen LogP contribution < -0.4 is 10.6 Å². The smallest absolute Gasteiger partial charge is 0.213 e. The molecule has 0 unspecified atom stereocenters. The van der Waals surface area contributed by atoms with Gasteiger partial charge < -0.3 is 10.6 Å². The van der Waals surface area contributed by atoms with Crippen molar-refractivity contribution in [1.29, 1.82) is 0 Å². The van der Waals surface area contributed by atoms with Crippen molar-refractivity contribution >= 4 is 40.0 Å². The summed E-state index contributed by atoms with van der Waals surface area (Å²) in [5.41, 5.74) is 2.33. The molecule has 0 saturated carbocycles. The lowest BCUT2D eigenvalue weighted by Gasteiger charge is -2.17. The number of benzene rings is 1. The monoisotopic (exact) mass is 548 g/mol. The maximum atomic E-state index is 11.8. The van der Waals surface area contributed by atoms with Crippen molar-refractivity contribution in [1.82, 2.24) is 24.7 Å². The Morgan fingerprint density at radius 1 is 1.17 bits per heavy atom. The van der Waals surface area contributed by atoms with Crippen LogP contribution in [-0.4, -0.2) is 60.9 Å². The first-order valence-corrected chi connectivity index (χ1v) is 11.6. The molecule has 0 amide bonds. The van der Waals surface area contributed by atoms with Gasteiger partial charge in [-0.25, -0.2) is 17.7 Å². The number of aliphatic imine (C=N–C) groups is 1. The number of halogens is 1. The van der Waals surface area contributed by atoms with E-state index in [-0.39, 0.29) is 29.7 Å². The molecule has 1 aromatic heterocycles. The number of nitrogens with zero attached hydrogens (tertiary/aromatic N) is 4. The molecule has 0 bridgehead atoms. The lowest BCUT2D eigenvalue weighted by molar-refractivity contribution is 0.461. The molecule has 2 N–H and O–H groups in total. The molecule has 0 spiro atoms. The Hall–Kier alpha value is -1.66. The number of aromatic nitrogens is 2. The summed E-state index contributed by atoms with van der Waals surface area (Å²) in [6.45, 7) is 6.82. The second kappa shape index (κ2) is 13.6. The van der Waals surface area contributed by atoms with E-state index in [1.165, 1.54) is 9.87 Å². The van der Waals surface area contributed by atoms with E-state index in [0.29, 0.717) is 32.6 Å². The van der Waals surface area contributed by atoms with Crippen molar-refractivity contribution in [3.63, 3.8) is 0 Å². The Kier molecular flexibility index (Phi) is 12.0. The van der Waals surface area contributed by atoms with E-state index in [1.807, 2.05) is 36.0 Å². The fraction of sp³-hybridized carbons (Fsp3) is 0.500. The quantitative estimate of drug-likeness (QED) is 0.195. The summed E-state index contributed by atoms with van der Waals surface area (Å²) in [6.07, 6.45) is 4.43. The van der Waals surface area contributed by atoms with Crippen LogP contribution in [0.4, 0.5) is 0 Å². The zero-order valence-electron chi connectivity index (χ0n) is 17.9. The van der Waals surface area contributed by atoms with Gasteiger partial charge in [0.15, 0.2) is 5.96 Å². The van der Waals surface area contributed by atoms with Gasteiger partial charge in [0.05, 0.1) is 18.8 Å². The van der Waals surface area contributed by atoms with E-state index >= 15 is 0 Å². The van der Waals surface area contributed by atoms with Crippen LogP contribution in [0.25, 0.3) is 0 Å².